The number of aryl methyl sites for hydroxylation is 2. The van der Waals surface area contributed by atoms with Crippen LogP contribution in [0.5, 0.6) is 11.5 Å². The SMILES string of the molecule is COc1ccc([N+](=O)[O-])cc1C(=O)NNC(=O)COc1cc(C)cc(C)c1. The smallest absolute Gasteiger partial charge is 0.276 e. The number of benzene rings is 2. The summed E-state index contributed by atoms with van der Waals surface area (Å²) < 4.78 is 10.4. The Kier molecular flexibility index (Phi) is 6.32. The molecular formula is C18H19N3O6. The van der Waals surface area contributed by atoms with Gasteiger partial charge in [0, 0.05) is 12.1 Å². The van der Waals surface area contributed by atoms with Crippen molar-refractivity contribution in [3.63, 3.8) is 0 Å². The number of ether oxygens (including phenoxy) is 2. The zero-order valence-corrected chi connectivity index (χ0v) is 15.1. The van der Waals surface area contributed by atoms with Crippen LogP contribution < -0.4 is 20.3 Å². The lowest BCUT2D eigenvalue weighted by Gasteiger charge is -2.11. The van der Waals surface area contributed by atoms with E-state index in [9.17, 15) is 19.7 Å². The van der Waals surface area contributed by atoms with Crippen LogP contribution in [0.1, 0.15) is 21.5 Å². The van der Waals surface area contributed by atoms with Crippen LogP contribution in [0.25, 0.3) is 0 Å². The summed E-state index contributed by atoms with van der Waals surface area (Å²) in [6.07, 6.45) is 0. The molecule has 0 bridgehead atoms. The third-order valence-corrected chi connectivity index (χ3v) is 3.52. The number of nitrogens with one attached hydrogen (secondary N) is 2. The molecule has 2 amide bonds. The first-order valence-electron chi connectivity index (χ1n) is 7.93. The van der Waals surface area contributed by atoms with Gasteiger partial charge in [0.15, 0.2) is 6.61 Å². The van der Waals surface area contributed by atoms with Crippen LogP contribution in [-0.4, -0.2) is 30.5 Å². The number of methoxy groups -OCH3 is 1. The zero-order chi connectivity index (χ0) is 20.0. The van der Waals surface area contributed by atoms with Crippen LogP contribution >= 0.6 is 0 Å². The van der Waals surface area contributed by atoms with Gasteiger partial charge in [0.1, 0.15) is 11.5 Å². The second kappa shape index (κ2) is 8.65. The summed E-state index contributed by atoms with van der Waals surface area (Å²) in [5, 5.41) is 10.9. The highest BCUT2D eigenvalue weighted by Gasteiger charge is 2.18. The zero-order valence-electron chi connectivity index (χ0n) is 15.1. The Labute approximate surface area is 155 Å². The number of nitro groups is 1. The number of rotatable bonds is 6. The van der Waals surface area contributed by atoms with Gasteiger partial charge >= 0.3 is 0 Å². The molecule has 2 rings (SSSR count). The molecule has 9 heteroatoms. The average molecular weight is 373 g/mol. The Morgan fingerprint density at radius 1 is 1.07 bits per heavy atom. The lowest BCUT2D eigenvalue weighted by molar-refractivity contribution is -0.384. The quantitative estimate of drug-likeness (QED) is 0.591. The summed E-state index contributed by atoms with van der Waals surface area (Å²) in [6, 6.07) is 9.12. The fraction of sp³-hybridized carbons (Fsp3) is 0.222. The van der Waals surface area contributed by atoms with Gasteiger partial charge in [0.05, 0.1) is 17.6 Å². The molecule has 0 aliphatic rings. The molecule has 0 aromatic heterocycles. The highest BCUT2D eigenvalue weighted by atomic mass is 16.6. The van der Waals surface area contributed by atoms with Crippen molar-refractivity contribution in [2.24, 2.45) is 0 Å². The van der Waals surface area contributed by atoms with Gasteiger partial charge in [-0.2, -0.15) is 0 Å². The molecule has 142 valence electrons. The topological polar surface area (TPSA) is 120 Å². The van der Waals surface area contributed by atoms with Crippen molar-refractivity contribution in [3.8, 4) is 11.5 Å². The minimum absolute atomic E-state index is 0.0813. The molecule has 27 heavy (non-hydrogen) atoms. The number of hydrogen-bond acceptors (Lipinski definition) is 6. The van der Waals surface area contributed by atoms with Gasteiger partial charge in [0.2, 0.25) is 0 Å². The van der Waals surface area contributed by atoms with E-state index in [0.29, 0.717) is 5.75 Å². The Bertz CT molecular complexity index is 861. The minimum atomic E-state index is -0.754. The molecule has 2 N–H and O–H groups in total. The summed E-state index contributed by atoms with van der Waals surface area (Å²) in [7, 11) is 1.33. The van der Waals surface area contributed by atoms with Crippen LogP contribution in [0.2, 0.25) is 0 Å². The molecule has 0 aliphatic heterocycles. The Balaban J connectivity index is 1.95. The second-order valence-electron chi connectivity index (χ2n) is 5.76. The minimum Gasteiger partial charge on any atom is -0.496 e. The molecule has 0 aliphatic carbocycles. The fourth-order valence-electron chi connectivity index (χ4n) is 2.38. The van der Waals surface area contributed by atoms with Gasteiger partial charge in [-0.15, -0.1) is 0 Å². The fourth-order valence-corrected chi connectivity index (χ4v) is 2.38. The van der Waals surface area contributed by atoms with Crippen molar-refractivity contribution in [2.75, 3.05) is 13.7 Å². The maximum Gasteiger partial charge on any atom is 0.276 e. The number of hydrazine groups is 1. The number of nitro benzene ring substituents is 1. The summed E-state index contributed by atoms with van der Waals surface area (Å²) in [5.41, 5.74) is 6.01. The summed E-state index contributed by atoms with van der Waals surface area (Å²) in [4.78, 5) is 34.3. The van der Waals surface area contributed by atoms with E-state index in [4.69, 9.17) is 9.47 Å². The molecule has 0 unspecified atom stereocenters. The number of amides is 2. The second-order valence-corrected chi connectivity index (χ2v) is 5.76. The lowest BCUT2D eigenvalue weighted by Crippen LogP contribution is -2.43. The summed E-state index contributed by atoms with van der Waals surface area (Å²) >= 11 is 0. The highest BCUT2D eigenvalue weighted by molar-refractivity contribution is 5.98. The van der Waals surface area contributed by atoms with E-state index in [1.165, 1.54) is 19.2 Å². The lowest BCUT2D eigenvalue weighted by atomic mass is 10.1. The molecule has 9 nitrogen and oxygen atoms in total. The van der Waals surface area contributed by atoms with Crippen molar-refractivity contribution in [1.29, 1.82) is 0 Å². The number of non-ortho nitro benzene ring substituents is 1. The van der Waals surface area contributed by atoms with Gasteiger partial charge in [-0.05, 0) is 43.2 Å². The van der Waals surface area contributed by atoms with Crippen LogP contribution in [0, 0.1) is 24.0 Å². The van der Waals surface area contributed by atoms with Crippen LogP contribution in [0.15, 0.2) is 36.4 Å². The maximum absolute atomic E-state index is 12.2. The van der Waals surface area contributed by atoms with E-state index in [-0.39, 0.29) is 23.6 Å². The van der Waals surface area contributed by atoms with Crippen molar-refractivity contribution < 1.29 is 24.0 Å². The summed E-state index contributed by atoms with van der Waals surface area (Å²) in [6.45, 7) is 3.51. The number of carbonyl (C=O) groups excluding carboxylic acids is 2. The molecule has 0 spiro atoms. The molecule has 2 aromatic rings. The van der Waals surface area contributed by atoms with Crippen molar-refractivity contribution in [1.82, 2.24) is 10.9 Å². The standard InChI is InChI=1S/C18H19N3O6/c1-11-6-12(2)8-14(7-11)27-10-17(22)19-20-18(23)15-9-13(21(24)25)4-5-16(15)26-3/h4-9H,10H2,1-3H3,(H,19,22)(H,20,23). The van der Waals surface area contributed by atoms with Gasteiger partial charge in [-0.3, -0.25) is 30.6 Å². The largest absolute Gasteiger partial charge is 0.496 e. The Morgan fingerprint density at radius 3 is 2.33 bits per heavy atom. The van der Waals surface area contributed by atoms with Gasteiger partial charge < -0.3 is 9.47 Å². The van der Waals surface area contributed by atoms with E-state index >= 15 is 0 Å². The molecule has 0 atom stereocenters. The first-order chi connectivity index (χ1) is 12.8. The van der Waals surface area contributed by atoms with Gasteiger partial charge in [-0.1, -0.05) is 6.07 Å². The molecular weight excluding hydrogens is 354 g/mol. The Hall–Kier alpha value is -3.62. The maximum atomic E-state index is 12.2. The molecule has 0 fully saturated rings. The van der Waals surface area contributed by atoms with E-state index in [1.807, 2.05) is 19.9 Å². The van der Waals surface area contributed by atoms with E-state index in [1.54, 1.807) is 12.1 Å². The molecule has 0 radical (unpaired) electrons. The van der Waals surface area contributed by atoms with Crippen LogP contribution in [0.3, 0.4) is 0 Å². The predicted molar refractivity (Wildman–Crippen MR) is 96.7 cm³/mol. The monoisotopic (exact) mass is 373 g/mol. The van der Waals surface area contributed by atoms with E-state index in [2.05, 4.69) is 10.9 Å². The van der Waals surface area contributed by atoms with Crippen LogP contribution in [-0.2, 0) is 4.79 Å². The predicted octanol–water partition coefficient (Wildman–Crippen LogP) is 2.06. The third kappa shape index (κ3) is 5.43. The first kappa shape index (κ1) is 19.7. The molecule has 0 saturated heterocycles. The molecule has 0 heterocycles. The number of hydrogen-bond donors (Lipinski definition) is 2. The van der Waals surface area contributed by atoms with Crippen molar-refractivity contribution in [2.45, 2.75) is 13.8 Å². The van der Waals surface area contributed by atoms with E-state index < -0.39 is 16.7 Å². The van der Waals surface area contributed by atoms with Gasteiger partial charge in [-0.25, -0.2) is 0 Å². The normalized spacial score (nSPS) is 10.0. The molecule has 0 saturated carbocycles. The van der Waals surface area contributed by atoms with E-state index in [0.717, 1.165) is 17.2 Å². The Morgan fingerprint density at radius 2 is 1.74 bits per heavy atom. The van der Waals surface area contributed by atoms with Crippen molar-refractivity contribution >= 4 is 17.5 Å². The van der Waals surface area contributed by atoms with Gasteiger partial charge in [0.25, 0.3) is 17.5 Å². The molecule has 2 aromatic carbocycles. The van der Waals surface area contributed by atoms with Crippen molar-refractivity contribution in [3.05, 3.63) is 63.2 Å². The third-order valence-electron chi connectivity index (χ3n) is 3.52. The first-order valence-corrected chi connectivity index (χ1v) is 7.93. The average Bonchev–Trinajstić information content (AvgIpc) is 2.63. The summed E-state index contributed by atoms with van der Waals surface area (Å²) in [5.74, 6) is -0.671. The highest BCUT2D eigenvalue weighted by Crippen LogP contribution is 2.23. The number of carbonyl (C=O) groups is 2. The number of nitrogens with zero attached hydrogens (tertiary/aromatic N) is 1. The van der Waals surface area contributed by atoms with Crippen LogP contribution in [0.4, 0.5) is 5.69 Å².